The lowest BCUT2D eigenvalue weighted by atomic mass is 9.99. The molecule has 36 heavy (non-hydrogen) atoms. The van der Waals surface area contributed by atoms with E-state index in [4.69, 9.17) is 9.47 Å². The second kappa shape index (κ2) is 10.0. The van der Waals surface area contributed by atoms with Crippen LogP contribution in [0.4, 0.5) is 10.1 Å². The summed E-state index contributed by atoms with van der Waals surface area (Å²) in [5, 5.41) is 3.00. The van der Waals surface area contributed by atoms with Gasteiger partial charge in [-0.15, -0.1) is 0 Å². The molecule has 1 aliphatic rings. The molecular weight excluding hydrogens is 459 g/mol. The molecule has 1 N–H and O–H groups in total. The predicted molar refractivity (Wildman–Crippen MR) is 137 cm³/mol. The number of nitrogens with one attached hydrogen (secondary N) is 1. The van der Waals surface area contributed by atoms with E-state index in [-0.39, 0.29) is 5.91 Å². The van der Waals surface area contributed by atoms with Crippen LogP contribution < -0.4 is 19.7 Å². The highest BCUT2D eigenvalue weighted by molar-refractivity contribution is 6.10. The minimum Gasteiger partial charge on any atom is -0.486 e. The first-order valence-electron chi connectivity index (χ1n) is 11.9. The standard InChI is InChI=1S/C29H31FN2O4/c1-18-14-19(2)16-23(15-18)32(28(34)21-8-11-24-25(17-21)36-13-12-35-24)26(27(33)31-29(3,4)5)20-6-9-22(30)10-7-20/h6-11,14-17,26H,12-13H2,1-5H3,(H,31,33). The largest absolute Gasteiger partial charge is 0.486 e. The van der Waals surface area contributed by atoms with Crippen LogP contribution >= 0.6 is 0 Å². The summed E-state index contributed by atoms with van der Waals surface area (Å²) >= 11 is 0. The molecule has 0 saturated carbocycles. The van der Waals surface area contributed by atoms with Gasteiger partial charge in [0.2, 0.25) is 5.91 Å². The van der Waals surface area contributed by atoms with Gasteiger partial charge in [0.05, 0.1) is 0 Å². The summed E-state index contributed by atoms with van der Waals surface area (Å²) in [6.45, 7) is 10.3. The molecule has 3 aromatic carbocycles. The quantitative estimate of drug-likeness (QED) is 0.512. The number of carbonyl (C=O) groups excluding carboxylic acids is 2. The van der Waals surface area contributed by atoms with Crippen molar-refractivity contribution in [3.63, 3.8) is 0 Å². The van der Waals surface area contributed by atoms with E-state index in [1.807, 2.05) is 52.8 Å². The van der Waals surface area contributed by atoms with Crippen molar-refractivity contribution in [3.8, 4) is 11.5 Å². The minimum absolute atomic E-state index is 0.342. The fourth-order valence-electron chi connectivity index (χ4n) is 4.29. The van der Waals surface area contributed by atoms with E-state index in [0.717, 1.165) is 11.1 Å². The van der Waals surface area contributed by atoms with Gasteiger partial charge in [0, 0.05) is 16.8 Å². The van der Waals surface area contributed by atoms with Crippen LogP contribution in [0.25, 0.3) is 0 Å². The van der Waals surface area contributed by atoms with Crippen molar-refractivity contribution < 1.29 is 23.5 Å². The Balaban J connectivity index is 1.89. The van der Waals surface area contributed by atoms with E-state index in [1.54, 1.807) is 18.2 Å². The maximum absolute atomic E-state index is 14.2. The van der Waals surface area contributed by atoms with Crippen LogP contribution in [0.15, 0.2) is 60.7 Å². The van der Waals surface area contributed by atoms with Crippen LogP contribution in [0.2, 0.25) is 0 Å². The predicted octanol–water partition coefficient (Wildman–Crippen LogP) is 5.52. The molecule has 0 aliphatic carbocycles. The number of nitrogens with zero attached hydrogens (tertiary/aromatic N) is 1. The van der Waals surface area contributed by atoms with Crippen LogP contribution in [-0.2, 0) is 4.79 Å². The van der Waals surface area contributed by atoms with Crippen molar-refractivity contribution in [2.24, 2.45) is 0 Å². The van der Waals surface area contributed by atoms with Crippen molar-refractivity contribution in [3.05, 3.63) is 88.7 Å². The lowest BCUT2D eigenvalue weighted by Crippen LogP contribution is -2.49. The Morgan fingerprint density at radius 2 is 1.50 bits per heavy atom. The molecule has 0 spiro atoms. The third-order valence-corrected chi connectivity index (χ3v) is 5.68. The second-order valence-corrected chi connectivity index (χ2v) is 10.1. The summed E-state index contributed by atoms with van der Waals surface area (Å²) in [6, 6.07) is 15.3. The van der Waals surface area contributed by atoms with E-state index in [2.05, 4.69) is 5.32 Å². The Bertz CT molecular complexity index is 1260. The van der Waals surface area contributed by atoms with Gasteiger partial charge in [-0.2, -0.15) is 0 Å². The van der Waals surface area contributed by atoms with Crippen molar-refractivity contribution >= 4 is 17.5 Å². The fourth-order valence-corrected chi connectivity index (χ4v) is 4.29. The zero-order chi connectivity index (χ0) is 26.0. The van der Waals surface area contributed by atoms with E-state index in [1.165, 1.54) is 29.2 Å². The highest BCUT2D eigenvalue weighted by Gasteiger charge is 2.35. The van der Waals surface area contributed by atoms with Crippen LogP contribution in [0.3, 0.4) is 0 Å². The molecule has 0 fully saturated rings. The minimum atomic E-state index is -1.05. The summed E-state index contributed by atoms with van der Waals surface area (Å²) in [5.41, 5.74) is 2.73. The molecule has 6 nitrogen and oxygen atoms in total. The van der Waals surface area contributed by atoms with Gasteiger partial charge in [-0.25, -0.2) is 4.39 Å². The first-order chi connectivity index (χ1) is 17.0. The molecule has 3 aromatic rings. The molecule has 0 aromatic heterocycles. The molecule has 2 amide bonds. The number of ether oxygens (including phenoxy) is 2. The number of halogens is 1. The molecule has 1 atom stereocenters. The summed E-state index contributed by atoms with van der Waals surface area (Å²) in [7, 11) is 0. The monoisotopic (exact) mass is 490 g/mol. The average Bonchev–Trinajstić information content (AvgIpc) is 2.80. The van der Waals surface area contributed by atoms with Gasteiger partial charge in [-0.05, 0) is 93.8 Å². The van der Waals surface area contributed by atoms with E-state index >= 15 is 0 Å². The van der Waals surface area contributed by atoms with Gasteiger partial charge < -0.3 is 14.8 Å². The highest BCUT2D eigenvalue weighted by atomic mass is 19.1. The Labute approximate surface area is 211 Å². The van der Waals surface area contributed by atoms with Crippen molar-refractivity contribution in [1.82, 2.24) is 5.32 Å². The lowest BCUT2D eigenvalue weighted by Gasteiger charge is -2.34. The number of benzene rings is 3. The lowest BCUT2D eigenvalue weighted by molar-refractivity contribution is -0.123. The number of hydrogen-bond donors (Lipinski definition) is 1. The number of amides is 2. The Morgan fingerprint density at radius 1 is 0.889 bits per heavy atom. The van der Waals surface area contributed by atoms with Gasteiger partial charge in [0.25, 0.3) is 5.91 Å². The van der Waals surface area contributed by atoms with Gasteiger partial charge in [0.15, 0.2) is 11.5 Å². The van der Waals surface area contributed by atoms with Crippen LogP contribution in [0, 0.1) is 19.7 Å². The van der Waals surface area contributed by atoms with Crippen molar-refractivity contribution in [2.75, 3.05) is 18.1 Å². The number of anilines is 1. The van der Waals surface area contributed by atoms with Crippen LogP contribution in [0.1, 0.15) is 53.9 Å². The number of fused-ring (bicyclic) bond motifs is 1. The molecule has 0 saturated heterocycles. The normalized spacial score (nSPS) is 13.6. The number of hydrogen-bond acceptors (Lipinski definition) is 4. The smallest absolute Gasteiger partial charge is 0.259 e. The van der Waals surface area contributed by atoms with Crippen LogP contribution in [-0.4, -0.2) is 30.6 Å². The first kappa shape index (κ1) is 25.2. The van der Waals surface area contributed by atoms with Gasteiger partial charge in [-0.1, -0.05) is 18.2 Å². The van der Waals surface area contributed by atoms with Crippen molar-refractivity contribution in [1.29, 1.82) is 0 Å². The third kappa shape index (κ3) is 5.67. The first-order valence-corrected chi connectivity index (χ1v) is 11.9. The number of aryl methyl sites for hydroxylation is 2. The summed E-state index contributed by atoms with van der Waals surface area (Å²) < 4.78 is 25.1. The van der Waals surface area contributed by atoms with E-state index in [0.29, 0.717) is 41.5 Å². The van der Waals surface area contributed by atoms with Gasteiger partial charge in [0.1, 0.15) is 25.1 Å². The number of carbonyl (C=O) groups is 2. The molecule has 4 rings (SSSR count). The molecule has 0 bridgehead atoms. The summed E-state index contributed by atoms with van der Waals surface area (Å²) in [5.74, 6) is -0.152. The molecule has 188 valence electrons. The van der Waals surface area contributed by atoms with Crippen molar-refractivity contribution in [2.45, 2.75) is 46.2 Å². The summed E-state index contributed by atoms with van der Waals surface area (Å²) in [4.78, 5) is 29.4. The maximum Gasteiger partial charge on any atom is 0.259 e. The number of rotatable bonds is 5. The Hall–Kier alpha value is -3.87. The van der Waals surface area contributed by atoms with Crippen LogP contribution in [0.5, 0.6) is 11.5 Å². The highest BCUT2D eigenvalue weighted by Crippen LogP contribution is 2.35. The average molecular weight is 491 g/mol. The molecular formula is C29H31FN2O4. The Kier molecular flexibility index (Phi) is 7.02. The second-order valence-electron chi connectivity index (χ2n) is 10.1. The molecule has 0 radical (unpaired) electrons. The maximum atomic E-state index is 14.2. The fraction of sp³-hybridized carbons (Fsp3) is 0.310. The Morgan fingerprint density at radius 3 is 2.11 bits per heavy atom. The molecule has 1 heterocycles. The molecule has 7 heteroatoms. The molecule has 1 unspecified atom stereocenters. The third-order valence-electron chi connectivity index (χ3n) is 5.68. The topological polar surface area (TPSA) is 67.9 Å². The summed E-state index contributed by atoms with van der Waals surface area (Å²) in [6.07, 6.45) is 0. The zero-order valence-corrected chi connectivity index (χ0v) is 21.2. The van der Waals surface area contributed by atoms with E-state index in [9.17, 15) is 14.0 Å². The van der Waals surface area contributed by atoms with Gasteiger partial charge in [-0.3, -0.25) is 14.5 Å². The SMILES string of the molecule is Cc1cc(C)cc(N(C(=O)c2ccc3c(c2)OCCO3)C(C(=O)NC(C)(C)C)c2ccc(F)cc2)c1. The van der Waals surface area contributed by atoms with Gasteiger partial charge >= 0.3 is 0 Å². The van der Waals surface area contributed by atoms with E-state index < -0.39 is 23.3 Å². The zero-order valence-electron chi connectivity index (χ0n) is 21.2. The molecule has 1 aliphatic heterocycles.